The van der Waals surface area contributed by atoms with Crippen LogP contribution in [0.15, 0.2) is 18.3 Å². The first kappa shape index (κ1) is 12.8. The highest BCUT2D eigenvalue weighted by atomic mass is 35.5. The van der Waals surface area contributed by atoms with Gasteiger partial charge in [0.1, 0.15) is 11.2 Å². The molecule has 0 aromatic carbocycles. The first-order chi connectivity index (χ1) is 7.63. The van der Waals surface area contributed by atoms with Crippen LogP contribution in [0.25, 0.3) is 6.08 Å². The number of thioether (sulfide) groups is 1. The zero-order valence-corrected chi connectivity index (χ0v) is 10.2. The number of nitrogens with zero attached hydrogens (tertiary/aromatic N) is 2. The normalized spacial score (nSPS) is 10.3. The van der Waals surface area contributed by atoms with Crippen molar-refractivity contribution in [2.75, 3.05) is 5.75 Å². The lowest BCUT2D eigenvalue weighted by atomic mass is 10.2. The van der Waals surface area contributed by atoms with E-state index in [1.54, 1.807) is 12.1 Å². The van der Waals surface area contributed by atoms with Crippen molar-refractivity contribution < 1.29 is 4.79 Å². The zero-order chi connectivity index (χ0) is 12.0. The minimum atomic E-state index is 0.0691. The molecule has 1 aromatic heterocycles. The molecule has 0 radical (unpaired) electrons. The van der Waals surface area contributed by atoms with E-state index < -0.39 is 0 Å². The van der Waals surface area contributed by atoms with Gasteiger partial charge >= 0.3 is 0 Å². The molecule has 1 rings (SSSR count). The van der Waals surface area contributed by atoms with Gasteiger partial charge in [-0.15, -0.1) is 0 Å². The first-order valence-corrected chi connectivity index (χ1v) is 5.85. The quantitative estimate of drug-likeness (QED) is 0.777. The summed E-state index contributed by atoms with van der Waals surface area (Å²) >= 11 is 7.06. The Hall–Kier alpha value is -1.31. The van der Waals surface area contributed by atoms with Crippen LogP contribution < -0.4 is 0 Å². The number of hydrogen-bond acceptors (Lipinski definition) is 4. The van der Waals surface area contributed by atoms with E-state index in [9.17, 15) is 4.79 Å². The number of hydrogen-bond donors (Lipinski definition) is 0. The molecule has 0 atom stereocenters. The van der Waals surface area contributed by atoms with Gasteiger partial charge in [0.15, 0.2) is 5.12 Å². The number of carbonyl (C=O) groups excluding carboxylic acids is 1. The fourth-order valence-corrected chi connectivity index (χ4v) is 1.58. The van der Waals surface area contributed by atoms with E-state index >= 15 is 0 Å². The Labute approximate surface area is 103 Å². The third-order valence-electron chi connectivity index (χ3n) is 1.68. The smallest absolute Gasteiger partial charge is 0.186 e. The summed E-state index contributed by atoms with van der Waals surface area (Å²) in [6.07, 6.45) is 4.99. The second-order valence-corrected chi connectivity index (χ2v) is 4.48. The fraction of sp³-hybridized carbons (Fsp3) is 0.182. The van der Waals surface area contributed by atoms with E-state index in [-0.39, 0.29) is 5.12 Å². The van der Waals surface area contributed by atoms with Gasteiger partial charge in [-0.2, -0.15) is 5.26 Å². The van der Waals surface area contributed by atoms with Crippen molar-refractivity contribution >= 4 is 34.6 Å². The highest BCUT2D eigenvalue weighted by Crippen LogP contribution is 2.16. The van der Waals surface area contributed by atoms with Crippen LogP contribution in [0, 0.1) is 11.3 Å². The Kier molecular flexibility index (Phi) is 5.03. The summed E-state index contributed by atoms with van der Waals surface area (Å²) in [4.78, 5) is 14.6. The maximum absolute atomic E-state index is 10.7. The molecular weight excluding hydrogens is 244 g/mol. The number of pyridine rings is 1. The Morgan fingerprint density at radius 3 is 3.12 bits per heavy atom. The van der Waals surface area contributed by atoms with Crippen molar-refractivity contribution in [3.63, 3.8) is 0 Å². The number of halogens is 1. The van der Waals surface area contributed by atoms with Crippen LogP contribution >= 0.6 is 23.4 Å². The average Bonchev–Trinajstić information content (AvgIpc) is 2.26. The summed E-state index contributed by atoms with van der Waals surface area (Å²) in [5.41, 5.74) is 1.15. The van der Waals surface area contributed by atoms with E-state index in [2.05, 4.69) is 4.98 Å². The van der Waals surface area contributed by atoms with Crippen molar-refractivity contribution in [2.45, 2.75) is 6.92 Å². The van der Waals surface area contributed by atoms with Gasteiger partial charge in [0.05, 0.1) is 5.56 Å². The fourth-order valence-electron chi connectivity index (χ4n) is 0.984. The van der Waals surface area contributed by atoms with E-state index in [1.807, 2.05) is 12.1 Å². The lowest BCUT2D eigenvalue weighted by Crippen LogP contribution is -1.85. The van der Waals surface area contributed by atoms with E-state index in [0.29, 0.717) is 22.0 Å². The Morgan fingerprint density at radius 1 is 1.75 bits per heavy atom. The molecule has 0 aliphatic heterocycles. The minimum absolute atomic E-state index is 0.0691. The highest BCUT2D eigenvalue weighted by Gasteiger charge is 1.99. The molecule has 1 heterocycles. The van der Waals surface area contributed by atoms with Crippen LogP contribution in [0.5, 0.6) is 0 Å². The van der Waals surface area contributed by atoms with Crippen molar-refractivity contribution in [3.8, 4) is 6.07 Å². The van der Waals surface area contributed by atoms with Gasteiger partial charge in [0.2, 0.25) is 0 Å². The summed E-state index contributed by atoms with van der Waals surface area (Å²) in [6, 6.07) is 3.65. The maximum Gasteiger partial charge on any atom is 0.186 e. The molecule has 5 heteroatoms. The minimum Gasteiger partial charge on any atom is -0.288 e. The lowest BCUT2D eigenvalue weighted by molar-refractivity contribution is -0.109. The van der Waals surface area contributed by atoms with Gasteiger partial charge in [-0.05, 0) is 6.07 Å². The third kappa shape index (κ3) is 4.05. The van der Waals surface area contributed by atoms with Crippen LogP contribution in [0.4, 0.5) is 0 Å². The van der Waals surface area contributed by atoms with Crippen LogP contribution in [-0.4, -0.2) is 15.9 Å². The third-order valence-corrected chi connectivity index (χ3v) is 2.76. The number of aromatic nitrogens is 1. The average molecular weight is 253 g/mol. The molecule has 0 bridgehead atoms. The molecule has 0 unspecified atom stereocenters. The molecule has 16 heavy (non-hydrogen) atoms. The van der Waals surface area contributed by atoms with Gasteiger partial charge in [-0.3, -0.25) is 4.79 Å². The topological polar surface area (TPSA) is 53.8 Å². The lowest BCUT2D eigenvalue weighted by Gasteiger charge is -1.97. The summed E-state index contributed by atoms with van der Waals surface area (Å²) in [6.45, 7) is 1.52. The number of carbonyl (C=O) groups is 1. The van der Waals surface area contributed by atoms with Gasteiger partial charge in [0.25, 0.3) is 0 Å². The van der Waals surface area contributed by atoms with Gasteiger partial charge < -0.3 is 0 Å². The van der Waals surface area contributed by atoms with Crippen LogP contribution in [0.2, 0.25) is 5.15 Å². The van der Waals surface area contributed by atoms with Crippen molar-refractivity contribution in [3.05, 3.63) is 34.6 Å². The molecular formula is C11H9ClN2OS. The van der Waals surface area contributed by atoms with Gasteiger partial charge in [0, 0.05) is 24.4 Å². The summed E-state index contributed by atoms with van der Waals surface area (Å²) in [5, 5.41) is 9.11. The van der Waals surface area contributed by atoms with Crippen molar-refractivity contribution in [2.24, 2.45) is 0 Å². The molecule has 0 fully saturated rings. The van der Waals surface area contributed by atoms with Crippen LogP contribution in [0.1, 0.15) is 18.1 Å². The molecule has 0 aliphatic carbocycles. The van der Waals surface area contributed by atoms with Crippen LogP contribution in [0.3, 0.4) is 0 Å². The zero-order valence-electron chi connectivity index (χ0n) is 8.61. The maximum atomic E-state index is 10.7. The Balaban J connectivity index is 2.73. The predicted octanol–water partition coefficient (Wildman–Crippen LogP) is 2.90. The SMILES string of the molecule is CC(=O)SCC=Cc1cc(C#N)cnc1Cl. The molecule has 3 nitrogen and oxygen atoms in total. The standard InChI is InChI=1S/C11H9ClN2OS/c1-8(15)16-4-2-3-10-5-9(6-13)7-14-11(10)12/h2-3,5,7H,4H2,1H3. The predicted molar refractivity (Wildman–Crippen MR) is 66.1 cm³/mol. The Bertz CT molecular complexity index is 466. The molecule has 0 spiro atoms. The molecule has 0 saturated heterocycles. The molecule has 0 saturated carbocycles. The van der Waals surface area contributed by atoms with E-state index in [0.717, 1.165) is 0 Å². The summed E-state index contributed by atoms with van der Waals surface area (Å²) in [7, 11) is 0. The van der Waals surface area contributed by atoms with E-state index in [1.165, 1.54) is 24.9 Å². The first-order valence-electron chi connectivity index (χ1n) is 4.49. The van der Waals surface area contributed by atoms with Crippen molar-refractivity contribution in [1.82, 2.24) is 4.98 Å². The molecule has 82 valence electrons. The number of nitriles is 1. The van der Waals surface area contributed by atoms with Gasteiger partial charge in [-0.25, -0.2) is 4.98 Å². The van der Waals surface area contributed by atoms with Crippen LogP contribution in [-0.2, 0) is 4.79 Å². The molecule has 0 aliphatic rings. The second-order valence-electron chi connectivity index (χ2n) is 2.92. The summed E-state index contributed by atoms with van der Waals surface area (Å²) in [5.74, 6) is 0.586. The highest BCUT2D eigenvalue weighted by molar-refractivity contribution is 8.13. The van der Waals surface area contributed by atoms with Crippen molar-refractivity contribution in [1.29, 1.82) is 5.26 Å². The second kappa shape index (κ2) is 6.31. The molecule has 1 aromatic rings. The molecule has 0 amide bonds. The Morgan fingerprint density at radius 2 is 2.50 bits per heavy atom. The van der Waals surface area contributed by atoms with Gasteiger partial charge in [-0.1, -0.05) is 35.5 Å². The van der Waals surface area contributed by atoms with E-state index in [4.69, 9.17) is 16.9 Å². The number of rotatable bonds is 3. The monoisotopic (exact) mass is 252 g/mol. The molecule has 0 N–H and O–H groups in total. The summed E-state index contributed by atoms with van der Waals surface area (Å²) < 4.78 is 0. The largest absolute Gasteiger partial charge is 0.288 e.